The van der Waals surface area contributed by atoms with Gasteiger partial charge in [0.2, 0.25) is 0 Å². The molecule has 1 heterocycles. The van der Waals surface area contributed by atoms with E-state index in [1.807, 2.05) is 25.1 Å². The minimum absolute atomic E-state index is 0.140. The molecular formula is C18H20N2O4. The summed E-state index contributed by atoms with van der Waals surface area (Å²) in [6.07, 6.45) is 2.34. The highest BCUT2D eigenvalue weighted by Crippen LogP contribution is 2.15. The number of para-hydroxylation sites is 1. The second kappa shape index (κ2) is 7.59. The van der Waals surface area contributed by atoms with Crippen LogP contribution in [0.2, 0.25) is 0 Å². The van der Waals surface area contributed by atoms with Crippen molar-refractivity contribution in [2.24, 2.45) is 7.05 Å². The van der Waals surface area contributed by atoms with Crippen LogP contribution in [0.5, 0.6) is 0 Å². The van der Waals surface area contributed by atoms with Crippen molar-refractivity contribution in [3.8, 4) is 0 Å². The summed E-state index contributed by atoms with van der Waals surface area (Å²) in [6, 6.07) is 8.91. The van der Waals surface area contributed by atoms with Gasteiger partial charge in [0, 0.05) is 24.5 Å². The van der Waals surface area contributed by atoms with Gasteiger partial charge in [0.25, 0.3) is 5.91 Å². The number of benzene rings is 1. The number of carbonyl (C=O) groups excluding carboxylic acids is 3. The average Bonchev–Trinajstić information content (AvgIpc) is 2.95. The molecule has 0 spiro atoms. The summed E-state index contributed by atoms with van der Waals surface area (Å²) >= 11 is 0. The fourth-order valence-corrected chi connectivity index (χ4v) is 2.30. The van der Waals surface area contributed by atoms with E-state index in [2.05, 4.69) is 5.32 Å². The van der Waals surface area contributed by atoms with E-state index in [1.54, 1.807) is 19.3 Å². The van der Waals surface area contributed by atoms with Crippen LogP contribution >= 0.6 is 0 Å². The first-order valence-corrected chi connectivity index (χ1v) is 7.64. The van der Waals surface area contributed by atoms with Gasteiger partial charge in [-0.1, -0.05) is 25.1 Å². The maximum absolute atomic E-state index is 12.0. The second-order valence-corrected chi connectivity index (χ2v) is 5.42. The normalized spacial score (nSPS) is 10.3. The van der Waals surface area contributed by atoms with Gasteiger partial charge in [0.05, 0.1) is 0 Å². The number of hydrogen-bond donors (Lipinski definition) is 1. The number of hydrogen-bond acceptors (Lipinski definition) is 4. The van der Waals surface area contributed by atoms with E-state index in [0.717, 1.165) is 12.0 Å². The van der Waals surface area contributed by atoms with Crippen molar-refractivity contribution in [3.63, 3.8) is 0 Å². The maximum atomic E-state index is 12.0. The summed E-state index contributed by atoms with van der Waals surface area (Å²) in [6.45, 7) is 3.02. The van der Waals surface area contributed by atoms with Crippen LogP contribution < -0.4 is 5.32 Å². The van der Waals surface area contributed by atoms with Crippen LogP contribution in [0.25, 0.3) is 0 Å². The van der Waals surface area contributed by atoms with Crippen LogP contribution in [0.4, 0.5) is 5.69 Å². The monoisotopic (exact) mass is 328 g/mol. The number of nitrogens with one attached hydrogen (secondary N) is 1. The molecule has 24 heavy (non-hydrogen) atoms. The van der Waals surface area contributed by atoms with Gasteiger partial charge in [-0.3, -0.25) is 9.59 Å². The zero-order valence-electron chi connectivity index (χ0n) is 14.0. The van der Waals surface area contributed by atoms with E-state index in [9.17, 15) is 14.4 Å². The summed E-state index contributed by atoms with van der Waals surface area (Å²) in [7, 11) is 1.64. The Bertz CT molecular complexity index is 777. The highest BCUT2D eigenvalue weighted by molar-refractivity contribution is 5.99. The van der Waals surface area contributed by atoms with Gasteiger partial charge in [-0.05, 0) is 31.0 Å². The molecule has 2 aromatic rings. The molecule has 0 aliphatic rings. The Morgan fingerprint density at radius 2 is 1.92 bits per heavy atom. The molecule has 0 atom stereocenters. The number of ketones is 1. The van der Waals surface area contributed by atoms with Crippen molar-refractivity contribution < 1.29 is 19.1 Å². The quantitative estimate of drug-likeness (QED) is 0.653. The van der Waals surface area contributed by atoms with Gasteiger partial charge in [0.1, 0.15) is 5.69 Å². The van der Waals surface area contributed by atoms with Gasteiger partial charge < -0.3 is 14.6 Å². The van der Waals surface area contributed by atoms with Crippen LogP contribution in [-0.2, 0) is 23.0 Å². The van der Waals surface area contributed by atoms with Crippen molar-refractivity contribution in [1.82, 2.24) is 4.57 Å². The Balaban J connectivity index is 1.96. The van der Waals surface area contributed by atoms with E-state index in [-0.39, 0.29) is 11.5 Å². The molecule has 0 bridgehead atoms. The third-order valence-corrected chi connectivity index (χ3v) is 3.63. The Morgan fingerprint density at radius 3 is 2.54 bits per heavy atom. The van der Waals surface area contributed by atoms with Crippen LogP contribution in [0.15, 0.2) is 36.5 Å². The first-order valence-electron chi connectivity index (χ1n) is 7.64. The van der Waals surface area contributed by atoms with Crippen molar-refractivity contribution >= 4 is 23.3 Å². The number of rotatable bonds is 6. The van der Waals surface area contributed by atoms with Crippen LogP contribution in [0.1, 0.15) is 40.3 Å². The average molecular weight is 328 g/mol. The number of nitrogens with zero attached hydrogens (tertiary/aromatic N) is 1. The zero-order chi connectivity index (χ0) is 17.7. The Kier molecular flexibility index (Phi) is 5.52. The Labute approximate surface area is 140 Å². The van der Waals surface area contributed by atoms with E-state index < -0.39 is 18.5 Å². The summed E-state index contributed by atoms with van der Waals surface area (Å²) in [5.41, 5.74) is 2.36. The predicted molar refractivity (Wildman–Crippen MR) is 90.1 cm³/mol. The van der Waals surface area contributed by atoms with Crippen LogP contribution in [0, 0.1) is 0 Å². The fourth-order valence-electron chi connectivity index (χ4n) is 2.30. The number of Topliss-reactive ketones (excluding diaryl/α,β-unsaturated/α-hetero) is 1. The standard InChI is InChI=1S/C18H20N2O4/c1-4-13-7-5-6-8-15(13)19-17(22)11-24-18(23)16-9-14(12(2)21)10-20(16)3/h5-10H,4,11H2,1-3H3,(H,19,22). The highest BCUT2D eigenvalue weighted by atomic mass is 16.5. The number of ether oxygens (including phenoxy) is 1. The molecule has 1 amide bonds. The number of amides is 1. The topological polar surface area (TPSA) is 77.4 Å². The lowest BCUT2D eigenvalue weighted by atomic mass is 10.1. The maximum Gasteiger partial charge on any atom is 0.355 e. The first-order chi connectivity index (χ1) is 11.4. The number of aromatic nitrogens is 1. The Hall–Kier alpha value is -2.89. The largest absolute Gasteiger partial charge is 0.451 e. The first kappa shape index (κ1) is 17.5. The summed E-state index contributed by atoms with van der Waals surface area (Å²) < 4.78 is 6.53. The van der Waals surface area contributed by atoms with E-state index in [0.29, 0.717) is 11.3 Å². The van der Waals surface area contributed by atoms with Crippen LogP contribution in [0.3, 0.4) is 0 Å². The van der Waals surface area contributed by atoms with Gasteiger partial charge in [-0.15, -0.1) is 0 Å². The molecule has 0 aliphatic heterocycles. The molecule has 0 saturated heterocycles. The molecule has 0 unspecified atom stereocenters. The summed E-state index contributed by atoms with van der Waals surface area (Å²) in [4.78, 5) is 35.3. The summed E-state index contributed by atoms with van der Waals surface area (Å²) in [5, 5.41) is 2.73. The number of esters is 1. The lowest BCUT2D eigenvalue weighted by Crippen LogP contribution is -2.22. The minimum atomic E-state index is -0.649. The molecule has 0 saturated carbocycles. The van der Waals surface area contributed by atoms with E-state index in [1.165, 1.54) is 17.6 Å². The molecular weight excluding hydrogens is 308 g/mol. The second-order valence-electron chi connectivity index (χ2n) is 5.42. The van der Waals surface area contributed by atoms with Gasteiger partial charge >= 0.3 is 5.97 Å². The molecule has 1 aromatic carbocycles. The Morgan fingerprint density at radius 1 is 1.21 bits per heavy atom. The third kappa shape index (κ3) is 4.10. The van der Waals surface area contributed by atoms with E-state index >= 15 is 0 Å². The summed E-state index contributed by atoms with van der Waals surface area (Å²) in [5.74, 6) is -1.20. The van der Waals surface area contributed by atoms with Crippen molar-refractivity contribution in [3.05, 3.63) is 53.3 Å². The number of aryl methyl sites for hydroxylation is 2. The molecule has 2 rings (SSSR count). The molecule has 0 radical (unpaired) electrons. The van der Waals surface area contributed by atoms with Gasteiger partial charge in [-0.25, -0.2) is 4.79 Å². The molecule has 6 nitrogen and oxygen atoms in total. The number of anilines is 1. The van der Waals surface area contributed by atoms with Crippen molar-refractivity contribution in [1.29, 1.82) is 0 Å². The molecule has 1 N–H and O–H groups in total. The lowest BCUT2D eigenvalue weighted by molar-refractivity contribution is -0.119. The van der Waals surface area contributed by atoms with Crippen LogP contribution in [-0.4, -0.2) is 28.8 Å². The lowest BCUT2D eigenvalue weighted by Gasteiger charge is -2.10. The van der Waals surface area contributed by atoms with E-state index in [4.69, 9.17) is 4.74 Å². The SMILES string of the molecule is CCc1ccccc1NC(=O)COC(=O)c1cc(C(C)=O)cn1C. The van der Waals surface area contributed by atoms with Gasteiger partial charge in [-0.2, -0.15) is 0 Å². The van der Waals surface area contributed by atoms with Gasteiger partial charge in [0.15, 0.2) is 12.4 Å². The third-order valence-electron chi connectivity index (χ3n) is 3.63. The predicted octanol–water partition coefficient (Wildman–Crippen LogP) is 2.59. The smallest absolute Gasteiger partial charge is 0.355 e. The zero-order valence-corrected chi connectivity index (χ0v) is 14.0. The highest BCUT2D eigenvalue weighted by Gasteiger charge is 2.16. The fraction of sp³-hybridized carbons (Fsp3) is 0.278. The molecule has 6 heteroatoms. The molecule has 0 aliphatic carbocycles. The molecule has 0 fully saturated rings. The number of carbonyl (C=O) groups is 3. The minimum Gasteiger partial charge on any atom is -0.451 e. The van der Waals surface area contributed by atoms with Crippen molar-refractivity contribution in [2.75, 3.05) is 11.9 Å². The molecule has 126 valence electrons. The molecule has 1 aromatic heterocycles. The van der Waals surface area contributed by atoms with Crippen molar-refractivity contribution in [2.45, 2.75) is 20.3 Å².